The summed E-state index contributed by atoms with van der Waals surface area (Å²) in [4.78, 5) is 22.2. The third-order valence-corrected chi connectivity index (χ3v) is 1.67. The second kappa shape index (κ2) is 4.41. The molecule has 1 aromatic heterocycles. The number of nitrogens with two attached hydrogens (primary N) is 1. The topological polar surface area (TPSA) is 111 Å². The zero-order valence-electron chi connectivity index (χ0n) is 8.08. The van der Waals surface area contributed by atoms with Crippen LogP contribution in [0.2, 0.25) is 0 Å². The van der Waals surface area contributed by atoms with Crippen LogP contribution >= 0.6 is 0 Å². The number of aromatic nitrogens is 1. The van der Waals surface area contributed by atoms with Crippen molar-refractivity contribution in [3.63, 3.8) is 0 Å². The van der Waals surface area contributed by atoms with E-state index in [0.717, 1.165) is 0 Å². The van der Waals surface area contributed by atoms with Crippen molar-refractivity contribution >= 4 is 5.69 Å². The highest BCUT2D eigenvalue weighted by molar-refractivity contribution is 5.48. The predicted octanol–water partition coefficient (Wildman–Crippen LogP) is 0.640. The van der Waals surface area contributed by atoms with Gasteiger partial charge in [-0.2, -0.15) is 0 Å². The van der Waals surface area contributed by atoms with Crippen LogP contribution in [0, 0.1) is 10.1 Å². The molecule has 1 heterocycles. The molecular formula is C7H6F3N3O4. The van der Waals surface area contributed by atoms with Crippen LogP contribution in [0.3, 0.4) is 0 Å². The van der Waals surface area contributed by atoms with Crippen molar-refractivity contribution < 1.29 is 22.8 Å². The van der Waals surface area contributed by atoms with Gasteiger partial charge in [-0.15, -0.1) is 13.2 Å². The highest BCUT2D eigenvalue weighted by Crippen LogP contribution is 2.32. The summed E-state index contributed by atoms with van der Waals surface area (Å²) in [7, 11) is 0. The van der Waals surface area contributed by atoms with Crippen molar-refractivity contribution in [2.24, 2.45) is 5.73 Å². The minimum absolute atomic E-state index is 0.389. The molecular weight excluding hydrogens is 247 g/mol. The molecule has 0 radical (unpaired) electrons. The molecule has 1 rings (SSSR count). The number of aromatic amines is 1. The summed E-state index contributed by atoms with van der Waals surface area (Å²) >= 11 is 0. The molecule has 0 aliphatic carbocycles. The average Bonchev–Trinajstić information content (AvgIpc) is 2.17. The number of halogens is 3. The largest absolute Gasteiger partial charge is 0.573 e. The lowest BCUT2D eigenvalue weighted by molar-refractivity contribution is -0.388. The first kappa shape index (κ1) is 13.0. The van der Waals surface area contributed by atoms with E-state index in [1.165, 1.54) is 0 Å². The summed E-state index contributed by atoms with van der Waals surface area (Å²) in [5.74, 6) is -1.11. The lowest BCUT2D eigenvalue weighted by Gasteiger charge is -2.11. The maximum Gasteiger partial charge on any atom is 0.573 e. The molecule has 10 heteroatoms. The minimum atomic E-state index is -5.12. The van der Waals surface area contributed by atoms with E-state index in [4.69, 9.17) is 5.73 Å². The number of hydrogen-bond acceptors (Lipinski definition) is 5. The number of rotatable bonds is 3. The van der Waals surface area contributed by atoms with Crippen LogP contribution < -0.4 is 16.0 Å². The van der Waals surface area contributed by atoms with E-state index < -0.39 is 40.5 Å². The summed E-state index contributed by atoms with van der Waals surface area (Å²) in [6.07, 6.45) is -5.12. The van der Waals surface area contributed by atoms with Crippen LogP contribution in [0.4, 0.5) is 18.9 Å². The summed E-state index contributed by atoms with van der Waals surface area (Å²) in [6.45, 7) is -0.539. The second-order valence-electron chi connectivity index (χ2n) is 2.84. The Kier molecular flexibility index (Phi) is 3.36. The van der Waals surface area contributed by atoms with Crippen molar-refractivity contribution in [3.8, 4) is 5.75 Å². The van der Waals surface area contributed by atoms with Gasteiger partial charge >= 0.3 is 12.0 Å². The van der Waals surface area contributed by atoms with Crippen LogP contribution in [0.15, 0.2) is 10.9 Å². The first-order valence-electron chi connectivity index (χ1n) is 4.11. The zero-order valence-corrected chi connectivity index (χ0v) is 8.08. The van der Waals surface area contributed by atoms with Crippen molar-refractivity contribution in [1.29, 1.82) is 0 Å². The number of hydrogen-bond donors (Lipinski definition) is 2. The SMILES string of the molecule is NCc1[nH]c(=O)cc([N+](=O)[O-])c1OC(F)(F)F. The lowest BCUT2D eigenvalue weighted by Crippen LogP contribution is -2.22. The molecule has 0 aliphatic rings. The fourth-order valence-electron chi connectivity index (χ4n) is 1.09. The van der Waals surface area contributed by atoms with Gasteiger partial charge in [0.1, 0.15) is 0 Å². The molecule has 0 fully saturated rings. The van der Waals surface area contributed by atoms with Crippen LogP contribution in [-0.4, -0.2) is 16.3 Å². The first-order valence-corrected chi connectivity index (χ1v) is 4.11. The van der Waals surface area contributed by atoms with Gasteiger partial charge in [-0.25, -0.2) is 0 Å². The van der Waals surface area contributed by atoms with Gasteiger partial charge < -0.3 is 15.5 Å². The fraction of sp³-hybridized carbons (Fsp3) is 0.286. The van der Waals surface area contributed by atoms with Gasteiger partial charge in [-0.3, -0.25) is 14.9 Å². The molecule has 94 valence electrons. The van der Waals surface area contributed by atoms with E-state index in [9.17, 15) is 28.1 Å². The Morgan fingerprint density at radius 1 is 1.53 bits per heavy atom. The van der Waals surface area contributed by atoms with E-state index in [0.29, 0.717) is 6.07 Å². The molecule has 1 aromatic rings. The quantitative estimate of drug-likeness (QED) is 0.606. The Morgan fingerprint density at radius 2 is 2.12 bits per heavy atom. The van der Waals surface area contributed by atoms with Gasteiger partial charge in [-0.05, 0) is 0 Å². The molecule has 0 amide bonds. The van der Waals surface area contributed by atoms with Crippen LogP contribution in [-0.2, 0) is 6.54 Å². The van der Waals surface area contributed by atoms with Crippen molar-refractivity contribution in [2.45, 2.75) is 12.9 Å². The summed E-state index contributed by atoms with van der Waals surface area (Å²) in [5.41, 5.74) is 2.54. The average molecular weight is 253 g/mol. The lowest BCUT2D eigenvalue weighted by atomic mass is 10.3. The maximum absolute atomic E-state index is 12.0. The zero-order chi connectivity index (χ0) is 13.2. The number of pyridine rings is 1. The van der Waals surface area contributed by atoms with Gasteiger partial charge in [0, 0.05) is 6.54 Å². The standard InChI is InChI=1S/C7H6F3N3O4/c8-7(9,10)17-6-3(2-11)12-5(14)1-4(6)13(15)16/h1H,2,11H2,(H,12,14). The number of H-pyrrole nitrogens is 1. The third kappa shape index (κ3) is 3.17. The molecule has 0 saturated carbocycles. The first-order chi connectivity index (χ1) is 7.74. The highest BCUT2D eigenvalue weighted by atomic mass is 19.4. The Hall–Kier alpha value is -2.10. The van der Waals surface area contributed by atoms with E-state index >= 15 is 0 Å². The molecule has 3 N–H and O–H groups in total. The number of nitrogens with one attached hydrogen (secondary N) is 1. The monoisotopic (exact) mass is 253 g/mol. The normalized spacial score (nSPS) is 11.3. The molecule has 7 nitrogen and oxygen atoms in total. The molecule has 0 saturated heterocycles. The Morgan fingerprint density at radius 3 is 2.53 bits per heavy atom. The number of alkyl halides is 3. The smallest absolute Gasteiger partial charge is 0.396 e. The van der Waals surface area contributed by atoms with E-state index in [2.05, 4.69) is 4.74 Å². The molecule has 0 aliphatic heterocycles. The third-order valence-electron chi connectivity index (χ3n) is 1.67. The van der Waals surface area contributed by atoms with Gasteiger partial charge in [0.15, 0.2) is 0 Å². The van der Waals surface area contributed by atoms with Crippen LogP contribution in [0.1, 0.15) is 5.69 Å². The summed E-state index contributed by atoms with van der Waals surface area (Å²) in [5, 5.41) is 10.5. The molecule has 17 heavy (non-hydrogen) atoms. The van der Waals surface area contributed by atoms with Gasteiger partial charge in [0.25, 0.3) is 5.56 Å². The van der Waals surface area contributed by atoms with Gasteiger partial charge in [0.2, 0.25) is 5.75 Å². The number of nitro groups is 1. The molecule has 0 bridgehead atoms. The van der Waals surface area contributed by atoms with E-state index in [1.54, 1.807) is 0 Å². The van der Waals surface area contributed by atoms with Crippen molar-refractivity contribution in [3.05, 3.63) is 32.2 Å². The van der Waals surface area contributed by atoms with Crippen LogP contribution in [0.25, 0.3) is 0 Å². The van der Waals surface area contributed by atoms with Crippen molar-refractivity contribution in [2.75, 3.05) is 0 Å². The Labute approximate surface area is 91.1 Å². The van der Waals surface area contributed by atoms with E-state index in [-0.39, 0.29) is 0 Å². The van der Waals surface area contributed by atoms with E-state index in [1.807, 2.05) is 4.98 Å². The van der Waals surface area contributed by atoms with Crippen molar-refractivity contribution in [1.82, 2.24) is 4.98 Å². The number of ether oxygens (including phenoxy) is 1. The summed E-state index contributed by atoms with van der Waals surface area (Å²) in [6, 6.07) is 0.389. The Bertz CT molecular complexity index is 496. The van der Waals surface area contributed by atoms with Crippen LogP contribution in [0.5, 0.6) is 5.75 Å². The van der Waals surface area contributed by atoms with Gasteiger partial charge in [0.05, 0.1) is 16.7 Å². The Balaban J connectivity index is 3.42. The maximum atomic E-state index is 12.0. The summed E-state index contributed by atoms with van der Waals surface area (Å²) < 4.78 is 39.6. The highest BCUT2D eigenvalue weighted by Gasteiger charge is 2.36. The second-order valence-corrected chi connectivity index (χ2v) is 2.84. The predicted molar refractivity (Wildman–Crippen MR) is 48.3 cm³/mol. The molecule has 0 aromatic carbocycles. The minimum Gasteiger partial charge on any atom is -0.396 e. The molecule has 0 unspecified atom stereocenters. The fourth-order valence-corrected chi connectivity index (χ4v) is 1.09. The molecule has 0 spiro atoms. The molecule has 0 atom stereocenters. The van der Waals surface area contributed by atoms with Gasteiger partial charge in [-0.1, -0.05) is 0 Å². The number of nitrogens with zero attached hydrogens (tertiary/aromatic N) is 1.